The number of alkyl halides is 1. The Kier molecular flexibility index (Phi) is 9.13. The van der Waals surface area contributed by atoms with Crippen LogP contribution in [-0.4, -0.2) is 88.4 Å². The van der Waals surface area contributed by atoms with Crippen LogP contribution in [-0.2, 0) is 23.1 Å². The Bertz CT molecular complexity index is 1780. The van der Waals surface area contributed by atoms with Gasteiger partial charge in [-0.05, 0) is 97.4 Å². The number of hydrogen-bond acceptors (Lipinski definition) is 11. The summed E-state index contributed by atoms with van der Waals surface area (Å²) < 4.78 is 25.7. The standard InChI is InChI=1S/C36H45FN8O3S/c1-21-19-44(20-22(2)45(21)30(46)12-7-15-37)28-17-29(47-23(3)26-10-8-16-43(26)4)41-35(40-28)32-24-9-5-13-36(33(24)48-42-32)14-6-11-27-31(36)25(18-38)34(39)49-27/h7,12,17,21-23,26H,5-6,8-11,13-16,19-20,39H2,1-4H3/b12-7+/t21-,22?,23-,26?,36-/m0/s1. The number of piperazine rings is 1. The molecule has 1 spiro atoms. The Morgan fingerprint density at radius 1 is 1.24 bits per heavy atom. The summed E-state index contributed by atoms with van der Waals surface area (Å²) in [5.74, 6) is 2.21. The maximum absolute atomic E-state index is 12.9. The first-order valence-electron chi connectivity index (χ1n) is 17.5. The van der Waals surface area contributed by atoms with Gasteiger partial charge in [-0.25, -0.2) is 9.37 Å². The normalized spacial score (nSPS) is 26.2. The van der Waals surface area contributed by atoms with Crippen molar-refractivity contribution in [3.63, 3.8) is 0 Å². The van der Waals surface area contributed by atoms with Gasteiger partial charge in [-0.3, -0.25) is 9.69 Å². The molecule has 3 aromatic rings. The molecule has 2 saturated heterocycles. The van der Waals surface area contributed by atoms with Crippen molar-refractivity contribution < 1.29 is 18.4 Å². The van der Waals surface area contributed by atoms with Crippen molar-refractivity contribution >= 4 is 28.1 Å². The van der Waals surface area contributed by atoms with Crippen molar-refractivity contribution in [1.29, 1.82) is 5.26 Å². The summed E-state index contributed by atoms with van der Waals surface area (Å²) in [7, 11) is 2.13. The number of nitrogen functional groups attached to an aromatic ring is 1. The molecular weight excluding hydrogens is 644 g/mol. The number of ether oxygens (including phenoxy) is 1. The van der Waals surface area contributed by atoms with Crippen LogP contribution in [0.25, 0.3) is 11.5 Å². The fourth-order valence-electron chi connectivity index (χ4n) is 8.93. The maximum atomic E-state index is 12.9. The van der Waals surface area contributed by atoms with E-state index in [-0.39, 0.29) is 30.1 Å². The van der Waals surface area contributed by atoms with Gasteiger partial charge in [0.15, 0.2) is 17.3 Å². The molecule has 260 valence electrons. The minimum Gasteiger partial charge on any atom is -0.473 e. The molecule has 2 fully saturated rings. The number of likely N-dealkylation sites (tertiary alicyclic amines) is 1. The highest BCUT2D eigenvalue weighted by atomic mass is 32.1. The molecule has 4 aliphatic rings. The lowest BCUT2D eigenvalue weighted by Crippen LogP contribution is -2.58. The van der Waals surface area contributed by atoms with Gasteiger partial charge in [-0.2, -0.15) is 10.2 Å². The predicted molar refractivity (Wildman–Crippen MR) is 186 cm³/mol. The van der Waals surface area contributed by atoms with Crippen LogP contribution in [0.2, 0.25) is 0 Å². The maximum Gasteiger partial charge on any atom is 0.246 e. The zero-order chi connectivity index (χ0) is 34.4. The molecule has 11 nitrogen and oxygen atoms in total. The molecule has 5 heterocycles. The number of fused-ring (bicyclic) bond motifs is 4. The molecule has 2 unspecified atom stereocenters. The second-order valence-corrected chi connectivity index (χ2v) is 15.3. The summed E-state index contributed by atoms with van der Waals surface area (Å²) in [5.41, 5.74) is 9.11. The second kappa shape index (κ2) is 13.4. The number of carbonyl (C=O) groups excluding carboxylic acids is 1. The number of aromatic nitrogens is 3. The molecule has 13 heteroatoms. The Morgan fingerprint density at radius 3 is 2.69 bits per heavy atom. The topological polar surface area (TPSA) is 138 Å². The number of anilines is 2. The molecule has 2 N–H and O–H groups in total. The quantitative estimate of drug-likeness (QED) is 0.321. The van der Waals surface area contributed by atoms with Gasteiger partial charge in [0.2, 0.25) is 11.8 Å². The monoisotopic (exact) mass is 688 g/mol. The third kappa shape index (κ3) is 5.86. The van der Waals surface area contributed by atoms with Crippen LogP contribution in [0.5, 0.6) is 5.88 Å². The van der Waals surface area contributed by atoms with Crippen LogP contribution in [0.15, 0.2) is 22.7 Å². The molecule has 7 rings (SSSR count). The van der Waals surface area contributed by atoms with Crippen molar-refractivity contribution in [3.8, 4) is 23.5 Å². The Morgan fingerprint density at radius 2 is 2.00 bits per heavy atom. The van der Waals surface area contributed by atoms with Crippen molar-refractivity contribution in [2.75, 3.05) is 44.0 Å². The van der Waals surface area contributed by atoms with Crippen molar-refractivity contribution in [2.24, 2.45) is 0 Å². The lowest BCUT2D eigenvalue weighted by atomic mass is 9.63. The summed E-state index contributed by atoms with van der Waals surface area (Å²) in [6.45, 7) is 7.53. The molecule has 0 radical (unpaired) electrons. The Balaban J connectivity index is 1.28. The predicted octanol–water partition coefficient (Wildman–Crippen LogP) is 5.42. The van der Waals surface area contributed by atoms with Gasteiger partial charge < -0.3 is 24.8 Å². The van der Waals surface area contributed by atoms with E-state index in [1.807, 2.05) is 19.9 Å². The van der Waals surface area contributed by atoms with Crippen LogP contribution >= 0.6 is 11.3 Å². The fraction of sp³-hybridized carbons (Fsp3) is 0.583. The number of allylic oxidation sites excluding steroid dienone is 1. The molecule has 0 aromatic carbocycles. The fourth-order valence-corrected chi connectivity index (χ4v) is 10.1. The summed E-state index contributed by atoms with van der Waals surface area (Å²) in [6.07, 6.45) is 9.97. The molecule has 5 atom stereocenters. The SMILES string of the molecule is CC1CN(c2cc(O[C@@H](C)C3CCCN3C)nc(-c3noc4c3CCC[C@@]43CCCc4sc(N)c(C#N)c43)n2)C[C@H](C)N1C(=O)/C=C/CF. The minimum atomic E-state index is -0.676. The number of nitrogens with zero attached hydrogens (tertiary/aromatic N) is 7. The second-order valence-electron chi connectivity index (χ2n) is 14.2. The van der Waals surface area contributed by atoms with E-state index in [0.29, 0.717) is 46.9 Å². The average Bonchev–Trinajstić information content (AvgIpc) is 3.80. The first kappa shape index (κ1) is 33.5. The van der Waals surface area contributed by atoms with Gasteiger partial charge in [0, 0.05) is 53.8 Å². The Labute approximate surface area is 290 Å². The molecule has 3 aromatic heterocycles. The molecule has 0 saturated carbocycles. The van der Waals surface area contributed by atoms with Gasteiger partial charge in [0.1, 0.15) is 29.7 Å². The molecule has 2 aliphatic heterocycles. The van der Waals surface area contributed by atoms with E-state index in [0.717, 1.165) is 74.8 Å². The van der Waals surface area contributed by atoms with Crippen LogP contribution in [0.3, 0.4) is 0 Å². The third-order valence-electron chi connectivity index (χ3n) is 11.0. The number of amides is 1. The highest BCUT2D eigenvalue weighted by molar-refractivity contribution is 7.16. The lowest BCUT2D eigenvalue weighted by Gasteiger charge is -2.44. The summed E-state index contributed by atoms with van der Waals surface area (Å²) in [4.78, 5) is 30.4. The first-order valence-corrected chi connectivity index (χ1v) is 18.3. The number of nitriles is 1. The van der Waals surface area contributed by atoms with Crippen molar-refractivity contribution in [3.05, 3.63) is 45.5 Å². The number of rotatable bonds is 7. The largest absolute Gasteiger partial charge is 0.473 e. The van der Waals surface area contributed by atoms with E-state index in [1.165, 1.54) is 28.4 Å². The van der Waals surface area contributed by atoms with Gasteiger partial charge >= 0.3 is 0 Å². The van der Waals surface area contributed by atoms with Crippen LogP contribution in [0, 0.1) is 11.3 Å². The van der Waals surface area contributed by atoms with Crippen LogP contribution in [0.1, 0.15) is 86.6 Å². The molecule has 49 heavy (non-hydrogen) atoms. The third-order valence-corrected chi connectivity index (χ3v) is 12.1. The number of carbonyl (C=O) groups is 1. The molecule has 2 aliphatic carbocycles. The first-order chi connectivity index (χ1) is 23.6. The number of nitrogens with two attached hydrogens (primary N) is 1. The smallest absolute Gasteiger partial charge is 0.246 e. The summed E-state index contributed by atoms with van der Waals surface area (Å²) >= 11 is 1.53. The van der Waals surface area contributed by atoms with E-state index in [4.69, 9.17) is 25.0 Å². The van der Waals surface area contributed by atoms with E-state index in [2.05, 4.69) is 35.0 Å². The van der Waals surface area contributed by atoms with Crippen molar-refractivity contribution in [2.45, 2.75) is 102 Å². The van der Waals surface area contributed by atoms with Crippen molar-refractivity contribution in [1.82, 2.24) is 24.9 Å². The van der Waals surface area contributed by atoms with E-state index >= 15 is 0 Å². The Hall–Kier alpha value is -4.02. The zero-order valence-electron chi connectivity index (χ0n) is 28.7. The summed E-state index contributed by atoms with van der Waals surface area (Å²) in [5, 5.41) is 15.4. The van der Waals surface area contributed by atoms with E-state index in [1.54, 1.807) is 4.90 Å². The van der Waals surface area contributed by atoms with Gasteiger partial charge in [-0.1, -0.05) is 5.16 Å². The highest BCUT2D eigenvalue weighted by Gasteiger charge is 2.49. The van der Waals surface area contributed by atoms with Crippen LogP contribution < -0.4 is 15.4 Å². The average molecular weight is 689 g/mol. The van der Waals surface area contributed by atoms with Crippen LogP contribution in [0.4, 0.5) is 15.2 Å². The van der Waals surface area contributed by atoms with E-state index < -0.39 is 12.1 Å². The molecular formula is C36H45FN8O3S. The zero-order valence-corrected chi connectivity index (χ0v) is 29.6. The number of likely N-dealkylation sites (N-methyl/N-ethyl adjacent to an activating group) is 1. The minimum absolute atomic E-state index is 0.0960. The number of hydrogen-bond donors (Lipinski definition) is 1. The number of thiophene rings is 1. The lowest BCUT2D eigenvalue weighted by molar-refractivity contribution is -0.130. The number of halogens is 1. The van der Waals surface area contributed by atoms with Gasteiger partial charge in [-0.15, -0.1) is 11.3 Å². The molecule has 0 bridgehead atoms. The molecule has 1 amide bonds. The van der Waals surface area contributed by atoms with Gasteiger partial charge in [0.25, 0.3) is 0 Å². The highest BCUT2D eigenvalue weighted by Crippen LogP contribution is 2.55. The number of aryl methyl sites for hydroxylation is 1. The van der Waals surface area contributed by atoms with Gasteiger partial charge in [0.05, 0.1) is 11.0 Å². The summed E-state index contributed by atoms with van der Waals surface area (Å²) in [6, 6.07) is 4.29. The van der Waals surface area contributed by atoms with E-state index in [9.17, 15) is 14.4 Å².